The summed E-state index contributed by atoms with van der Waals surface area (Å²) in [6.07, 6.45) is 1.56. The molecule has 3 rings (SSSR count). The third-order valence-corrected chi connectivity index (χ3v) is 5.26. The van der Waals surface area contributed by atoms with Gasteiger partial charge >= 0.3 is 12.6 Å². The molecule has 0 radical (unpaired) electrons. The molecule has 0 atom stereocenters. The number of hydrogen-bond donors (Lipinski definition) is 1. The summed E-state index contributed by atoms with van der Waals surface area (Å²) in [5.74, 6) is -0.779. The number of aliphatic carboxylic acids is 1. The summed E-state index contributed by atoms with van der Waals surface area (Å²) in [7, 11) is 0. The molecule has 1 aliphatic heterocycles. The molecule has 2 aromatic rings. The first-order chi connectivity index (χ1) is 13.3. The minimum absolute atomic E-state index is 0.186. The van der Waals surface area contributed by atoms with Gasteiger partial charge in [-0.15, -0.1) is 0 Å². The van der Waals surface area contributed by atoms with E-state index in [4.69, 9.17) is 5.11 Å². The van der Waals surface area contributed by atoms with Crippen LogP contribution in [0.1, 0.15) is 27.8 Å². The molecule has 0 bridgehead atoms. The minimum atomic E-state index is -2.82. The van der Waals surface area contributed by atoms with E-state index >= 15 is 0 Å². The predicted molar refractivity (Wildman–Crippen MR) is 103 cm³/mol. The van der Waals surface area contributed by atoms with Crippen LogP contribution >= 0.6 is 0 Å². The first-order valence-corrected chi connectivity index (χ1v) is 9.39. The Morgan fingerprint density at radius 2 is 1.82 bits per heavy atom. The van der Waals surface area contributed by atoms with Gasteiger partial charge in [0, 0.05) is 19.6 Å². The van der Waals surface area contributed by atoms with Crippen LogP contribution in [-0.2, 0) is 24.2 Å². The van der Waals surface area contributed by atoms with E-state index in [9.17, 15) is 13.6 Å². The maximum atomic E-state index is 12.4. The summed E-state index contributed by atoms with van der Waals surface area (Å²) in [6, 6.07) is 11.2. The Bertz CT molecular complexity index is 824. The molecule has 28 heavy (non-hydrogen) atoms. The largest absolute Gasteiger partial charge is 0.481 e. The highest BCUT2D eigenvalue weighted by atomic mass is 19.3. The molecule has 150 valence electrons. The topological polar surface area (TPSA) is 49.8 Å². The van der Waals surface area contributed by atoms with Crippen molar-refractivity contribution in [3.8, 4) is 5.75 Å². The van der Waals surface area contributed by atoms with E-state index in [0.717, 1.165) is 24.9 Å². The first kappa shape index (κ1) is 20.3. The normalized spacial score (nSPS) is 14.9. The molecular formula is C22H25F2NO3. The predicted octanol–water partition coefficient (Wildman–Crippen LogP) is 4.21. The fraction of sp³-hybridized carbons (Fsp3) is 0.409. The Balaban J connectivity index is 1.61. The number of carboxylic acid groups (broad SMARTS) is 1. The van der Waals surface area contributed by atoms with Crippen molar-refractivity contribution >= 4 is 5.97 Å². The summed E-state index contributed by atoms with van der Waals surface area (Å²) in [5, 5.41) is 8.98. The van der Waals surface area contributed by atoms with Gasteiger partial charge in [-0.05, 0) is 66.6 Å². The van der Waals surface area contributed by atoms with Crippen LogP contribution in [0.25, 0.3) is 0 Å². The molecule has 0 saturated carbocycles. The molecule has 1 heterocycles. The van der Waals surface area contributed by atoms with Crippen molar-refractivity contribution in [2.24, 2.45) is 5.92 Å². The van der Waals surface area contributed by atoms with Gasteiger partial charge in [0.15, 0.2) is 0 Å². The number of aryl methyl sites for hydroxylation is 3. The van der Waals surface area contributed by atoms with E-state index in [1.165, 1.54) is 28.3 Å². The number of carbonyl (C=O) groups is 1. The molecule has 1 saturated heterocycles. The lowest BCUT2D eigenvalue weighted by Crippen LogP contribution is -2.49. The Morgan fingerprint density at radius 3 is 2.43 bits per heavy atom. The number of nitrogens with zero attached hydrogens (tertiary/aromatic N) is 1. The number of alkyl halides is 2. The lowest BCUT2D eigenvalue weighted by Gasteiger charge is -2.36. The van der Waals surface area contributed by atoms with Crippen molar-refractivity contribution in [1.82, 2.24) is 4.90 Å². The minimum Gasteiger partial charge on any atom is -0.481 e. The van der Waals surface area contributed by atoms with Crippen LogP contribution in [-0.4, -0.2) is 35.7 Å². The quantitative estimate of drug-likeness (QED) is 0.735. The lowest BCUT2D eigenvalue weighted by molar-refractivity contribution is -0.147. The molecule has 0 aliphatic carbocycles. The smallest absolute Gasteiger partial charge is 0.387 e. The van der Waals surface area contributed by atoms with Gasteiger partial charge in [0.1, 0.15) is 5.75 Å². The second kappa shape index (κ2) is 8.69. The summed E-state index contributed by atoms with van der Waals surface area (Å²) in [5.41, 5.74) is 5.81. The standard InChI is InChI=1S/C22H25F2NO3/c1-14-8-17(11-25-12-18(13-25)21(26)27)9-15(2)20(14)7-6-16-4-3-5-19(10-16)28-22(23)24/h3-5,8-10,18,22H,6-7,11-13H2,1-2H3,(H,26,27). The van der Waals surface area contributed by atoms with Gasteiger partial charge in [-0.2, -0.15) is 8.78 Å². The zero-order valence-electron chi connectivity index (χ0n) is 16.1. The second-order valence-corrected chi connectivity index (χ2v) is 7.46. The zero-order chi connectivity index (χ0) is 20.3. The van der Waals surface area contributed by atoms with E-state index in [2.05, 4.69) is 35.6 Å². The first-order valence-electron chi connectivity index (χ1n) is 9.39. The van der Waals surface area contributed by atoms with Crippen LogP contribution in [0.5, 0.6) is 5.75 Å². The van der Waals surface area contributed by atoms with E-state index in [-0.39, 0.29) is 11.7 Å². The Morgan fingerprint density at radius 1 is 1.14 bits per heavy atom. The van der Waals surface area contributed by atoms with Crippen molar-refractivity contribution in [1.29, 1.82) is 0 Å². The lowest BCUT2D eigenvalue weighted by atomic mass is 9.93. The average molecular weight is 389 g/mol. The second-order valence-electron chi connectivity index (χ2n) is 7.46. The Labute approximate surface area is 163 Å². The molecule has 2 aromatic carbocycles. The summed E-state index contributed by atoms with van der Waals surface area (Å²) in [4.78, 5) is 13.1. The number of benzene rings is 2. The average Bonchev–Trinajstić information content (AvgIpc) is 2.56. The van der Waals surface area contributed by atoms with Crippen molar-refractivity contribution < 1.29 is 23.4 Å². The molecule has 0 amide bonds. The maximum Gasteiger partial charge on any atom is 0.387 e. The van der Waals surface area contributed by atoms with E-state index in [1.54, 1.807) is 12.1 Å². The molecule has 4 nitrogen and oxygen atoms in total. The van der Waals surface area contributed by atoms with Gasteiger partial charge in [0.05, 0.1) is 5.92 Å². The molecular weight excluding hydrogens is 364 g/mol. The van der Waals surface area contributed by atoms with Crippen LogP contribution in [0.3, 0.4) is 0 Å². The molecule has 1 fully saturated rings. The van der Waals surface area contributed by atoms with Crippen LogP contribution in [0.4, 0.5) is 8.78 Å². The molecule has 6 heteroatoms. The Hall–Kier alpha value is -2.47. The fourth-order valence-corrected chi connectivity index (χ4v) is 3.83. The van der Waals surface area contributed by atoms with Gasteiger partial charge < -0.3 is 9.84 Å². The summed E-state index contributed by atoms with van der Waals surface area (Å²) in [6.45, 7) is 3.32. The zero-order valence-corrected chi connectivity index (χ0v) is 16.1. The SMILES string of the molecule is Cc1cc(CN2CC(C(=O)O)C2)cc(C)c1CCc1cccc(OC(F)F)c1. The van der Waals surface area contributed by atoms with Crippen LogP contribution in [0, 0.1) is 19.8 Å². The molecule has 0 unspecified atom stereocenters. The number of ether oxygens (including phenoxy) is 1. The van der Waals surface area contributed by atoms with Gasteiger partial charge in [0.25, 0.3) is 0 Å². The third-order valence-electron chi connectivity index (χ3n) is 5.26. The van der Waals surface area contributed by atoms with Crippen LogP contribution < -0.4 is 4.74 Å². The molecule has 1 N–H and O–H groups in total. The summed E-state index contributed by atoms with van der Waals surface area (Å²) < 4.78 is 29.2. The highest BCUT2D eigenvalue weighted by Crippen LogP contribution is 2.24. The number of rotatable bonds is 8. The van der Waals surface area contributed by atoms with Gasteiger partial charge in [-0.3, -0.25) is 9.69 Å². The Kier molecular flexibility index (Phi) is 6.29. The highest BCUT2D eigenvalue weighted by Gasteiger charge is 2.32. The van der Waals surface area contributed by atoms with E-state index in [1.807, 2.05) is 6.07 Å². The van der Waals surface area contributed by atoms with Crippen LogP contribution in [0.15, 0.2) is 36.4 Å². The van der Waals surface area contributed by atoms with Crippen molar-refractivity contribution in [2.75, 3.05) is 13.1 Å². The van der Waals surface area contributed by atoms with Crippen molar-refractivity contribution in [2.45, 2.75) is 39.8 Å². The van der Waals surface area contributed by atoms with Gasteiger partial charge in [0.2, 0.25) is 0 Å². The molecule has 0 aromatic heterocycles. The number of hydrogen-bond acceptors (Lipinski definition) is 3. The molecule has 1 aliphatic rings. The monoisotopic (exact) mass is 389 g/mol. The summed E-state index contributed by atoms with van der Waals surface area (Å²) >= 11 is 0. The maximum absolute atomic E-state index is 12.4. The van der Waals surface area contributed by atoms with Crippen molar-refractivity contribution in [3.63, 3.8) is 0 Å². The van der Waals surface area contributed by atoms with Gasteiger partial charge in [-0.25, -0.2) is 0 Å². The molecule has 0 spiro atoms. The highest BCUT2D eigenvalue weighted by molar-refractivity contribution is 5.71. The number of carboxylic acids is 1. The van der Waals surface area contributed by atoms with Crippen LogP contribution in [0.2, 0.25) is 0 Å². The van der Waals surface area contributed by atoms with Gasteiger partial charge in [-0.1, -0.05) is 24.3 Å². The number of halogens is 2. The van der Waals surface area contributed by atoms with Crippen molar-refractivity contribution in [3.05, 3.63) is 64.2 Å². The third kappa shape index (κ3) is 5.07. The number of likely N-dealkylation sites (tertiary alicyclic amines) is 1. The van der Waals surface area contributed by atoms with E-state index < -0.39 is 12.6 Å². The van der Waals surface area contributed by atoms with E-state index in [0.29, 0.717) is 13.1 Å². The fourth-order valence-electron chi connectivity index (χ4n) is 3.83.